The summed E-state index contributed by atoms with van der Waals surface area (Å²) in [6, 6.07) is 7.83. The van der Waals surface area contributed by atoms with Gasteiger partial charge in [-0.25, -0.2) is 4.99 Å². The number of hydrogen-bond donors (Lipinski definition) is 0. The largest absolute Gasteiger partial charge is 0.478 e. The van der Waals surface area contributed by atoms with Crippen molar-refractivity contribution in [3.63, 3.8) is 0 Å². The van der Waals surface area contributed by atoms with Gasteiger partial charge in [0.2, 0.25) is 0 Å². The number of rotatable bonds is 3. The number of aliphatic imine (C=N–C) groups is 1. The van der Waals surface area contributed by atoms with Crippen LogP contribution in [0.1, 0.15) is 57.0 Å². The van der Waals surface area contributed by atoms with E-state index in [2.05, 4.69) is 25.8 Å². The predicted octanol–water partition coefficient (Wildman–Crippen LogP) is 3.76. The Labute approximate surface area is 121 Å². The van der Waals surface area contributed by atoms with Crippen LogP contribution in [-0.2, 0) is 10.2 Å². The Kier molecular flexibility index (Phi) is 3.72. The molecule has 0 bridgehead atoms. The van der Waals surface area contributed by atoms with Gasteiger partial charge in [-0.2, -0.15) is 0 Å². The molecule has 0 atom stereocenters. The molecule has 20 heavy (non-hydrogen) atoms. The van der Waals surface area contributed by atoms with E-state index >= 15 is 0 Å². The lowest BCUT2D eigenvalue weighted by molar-refractivity contribution is 0.0994. The van der Waals surface area contributed by atoms with Gasteiger partial charge in [-0.15, -0.1) is 0 Å². The molecule has 1 aromatic rings. The van der Waals surface area contributed by atoms with E-state index in [9.17, 15) is 4.79 Å². The number of nitrogens with zero attached hydrogens (tertiary/aromatic N) is 1. The molecule has 0 saturated carbocycles. The van der Waals surface area contributed by atoms with Crippen molar-refractivity contribution in [1.82, 2.24) is 0 Å². The average molecular weight is 273 g/mol. The molecule has 1 heterocycles. The second-order valence-corrected chi connectivity index (χ2v) is 7.03. The number of Topliss-reactive ketones (excluding diaryl/α,β-unsaturated/α-hetero) is 1. The lowest BCUT2D eigenvalue weighted by atomic mass is 9.86. The molecule has 0 saturated heterocycles. The van der Waals surface area contributed by atoms with E-state index in [-0.39, 0.29) is 23.2 Å². The first-order valence-electron chi connectivity index (χ1n) is 7.03. The Bertz CT molecular complexity index is 533. The minimum atomic E-state index is -0.203. The SMILES string of the molecule is CC1(C)COC(CC(=O)c2ccc(C(C)(C)C)cc2)=N1. The van der Waals surface area contributed by atoms with Crippen molar-refractivity contribution in [3.05, 3.63) is 35.4 Å². The van der Waals surface area contributed by atoms with Gasteiger partial charge in [0.1, 0.15) is 6.61 Å². The molecule has 0 aliphatic carbocycles. The lowest BCUT2D eigenvalue weighted by Gasteiger charge is -2.18. The summed E-state index contributed by atoms with van der Waals surface area (Å²) in [7, 11) is 0. The Morgan fingerprint density at radius 3 is 2.30 bits per heavy atom. The van der Waals surface area contributed by atoms with Crippen molar-refractivity contribution in [2.45, 2.75) is 52.0 Å². The smallest absolute Gasteiger partial charge is 0.191 e. The van der Waals surface area contributed by atoms with E-state index in [1.165, 1.54) is 5.56 Å². The highest BCUT2D eigenvalue weighted by Gasteiger charge is 2.27. The topological polar surface area (TPSA) is 38.7 Å². The van der Waals surface area contributed by atoms with E-state index in [0.717, 1.165) is 0 Å². The fraction of sp³-hybridized carbons (Fsp3) is 0.529. The van der Waals surface area contributed by atoms with Crippen molar-refractivity contribution in [1.29, 1.82) is 0 Å². The standard InChI is InChI=1S/C17H23NO2/c1-16(2,3)13-8-6-12(7-9-13)14(19)10-15-18-17(4,5)11-20-15/h6-9H,10-11H2,1-5H3. The maximum atomic E-state index is 12.2. The molecule has 0 unspecified atom stereocenters. The zero-order valence-electron chi connectivity index (χ0n) is 13.0. The van der Waals surface area contributed by atoms with Crippen LogP contribution in [0.3, 0.4) is 0 Å². The fourth-order valence-corrected chi connectivity index (χ4v) is 2.15. The van der Waals surface area contributed by atoms with Crippen molar-refractivity contribution >= 4 is 11.7 Å². The normalized spacial score (nSPS) is 17.6. The first kappa shape index (κ1) is 14.8. The molecule has 0 amide bonds. The first-order valence-corrected chi connectivity index (χ1v) is 7.03. The van der Waals surface area contributed by atoms with Crippen molar-refractivity contribution in [2.75, 3.05) is 6.61 Å². The van der Waals surface area contributed by atoms with Crippen LogP contribution in [0.2, 0.25) is 0 Å². The van der Waals surface area contributed by atoms with Gasteiger partial charge in [-0.1, -0.05) is 45.0 Å². The predicted molar refractivity (Wildman–Crippen MR) is 81.6 cm³/mol. The van der Waals surface area contributed by atoms with Crippen molar-refractivity contribution in [3.8, 4) is 0 Å². The first-order chi connectivity index (χ1) is 9.17. The van der Waals surface area contributed by atoms with Gasteiger partial charge >= 0.3 is 0 Å². The monoisotopic (exact) mass is 273 g/mol. The summed E-state index contributed by atoms with van der Waals surface area (Å²) < 4.78 is 5.47. The molecule has 1 aliphatic rings. The van der Waals surface area contributed by atoms with Crippen LogP contribution < -0.4 is 0 Å². The molecule has 0 fully saturated rings. The van der Waals surface area contributed by atoms with Gasteiger partial charge < -0.3 is 4.74 Å². The third-order valence-corrected chi connectivity index (χ3v) is 3.40. The van der Waals surface area contributed by atoms with Crippen LogP contribution in [-0.4, -0.2) is 23.8 Å². The summed E-state index contributed by atoms with van der Waals surface area (Å²) in [5.74, 6) is 0.613. The van der Waals surface area contributed by atoms with E-state index in [1.807, 2.05) is 38.1 Å². The van der Waals surface area contributed by atoms with Crippen LogP contribution in [0.5, 0.6) is 0 Å². The van der Waals surface area contributed by atoms with E-state index in [0.29, 0.717) is 18.1 Å². The van der Waals surface area contributed by atoms with Gasteiger partial charge in [0.05, 0.1) is 12.0 Å². The second-order valence-electron chi connectivity index (χ2n) is 7.03. The molecule has 1 aliphatic heterocycles. The zero-order valence-corrected chi connectivity index (χ0v) is 13.0. The summed E-state index contributed by atoms with van der Waals surface area (Å²) in [5.41, 5.74) is 1.84. The Balaban J connectivity index is 2.07. The highest BCUT2D eigenvalue weighted by molar-refractivity contribution is 6.07. The van der Waals surface area contributed by atoms with Gasteiger partial charge in [-0.05, 0) is 24.8 Å². The molecule has 0 radical (unpaired) electrons. The number of ketones is 1. The fourth-order valence-electron chi connectivity index (χ4n) is 2.15. The molecule has 3 nitrogen and oxygen atoms in total. The minimum Gasteiger partial charge on any atom is -0.478 e. The molecule has 3 heteroatoms. The number of carbonyl (C=O) groups excluding carboxylic acids is 1. The maximum Gasteiger partial charge on any atom is 0.191 e. The van der Waals surface area contributed by atoms with Crippen molar-refractivity contribution in [2.24, 2.45) is 4.99 Å². The molecular weight excluding hydrogens is 250 g/mol. The van der Waals surface area contributed by atoms with Gasteiger partial charge in [0.15, 0.2) is 11.7 Å². The summed E-state index contributed by atoms with van der Waals surface area (Å²) in [4.78, 5) is 16.6. The van der Waals surface area contributed by atoms with Crippen LogP contribution >= 0.6 is 0 Å². The number of benzene rings is 1. The van der Waals surface area contributed by atoms with Crippen LogP contribution in [0.4, 0.5) is 0 Å². The molecule has 0 aromatic heterocycles. The number of ether oxygens (including phenoxy) is 1. The quantitative estimate of drug-likeness (QED) is 0.786. The highest BCUT2D eigenvalue weighted by atomic mass is 16.5. The summed E-state index contributed by atoms with van der Waals surface area (Å²) in [6.07, 6.45) is 0.248. The minimum absolute atomic E-state index is 0.0573. The summed E-state index contributed by atoms with van der Waals surface area (Å²) in [5, 5.41) is 0. The number of carbonyl (C=O) groups is 1. The molecule has 2 rings (SSSR count). The second kappa shape index (κ2) is 5.04. The van der Waals surface area contributed by atoms with Crippen molar-refractivity contribution < 1.29 is 9.53 Å². The zero-order chi connectivity index (χ0) is 15.0. The van der Waals surface area contributed by atoms with E-state index < -0.39 is 0 Å². The third kappa shape index (κ3) is 3.47. The van der Waals surface area contributed by atoms with Crippen LogP contribution in [0, 0.1) is 0 Å². The van der Waals surface area contributed by atoms with Crippen LogP contribution in [0.15, 0.2) is 29.3 Å². The molecular formula is C17H23NO2. The van der Waals surface area contributed by atoms with E-state index in [4.69, 9.17) is 4.74 Å². The maximum absolute atomic E-state index is 12.2. The average Bonchev–Trinajstić information content (AvgIpc) is 2.67. The van der Waals surface area contributed by atoms with Gasteiger partial charge in [-0.3, -0.25) is 4.79 Å². The molecule has 108 valence electrons. The Hall–Kier alpha value is -1.64. The van der Waals surface area contributed by atoms with E-state index in [1.54, 1.807) is 0 Å². The summed E-state index contributed by atoms with van der Waals surface area (Å²) >= 11 is 0. The number of hydrogen-bond acceptors (Lipinski definition) is 3. The van der Waals surface area contributed by atoms with Gasteiger partial charge in [0.25, 0.3) is 0 Å². The Morgan fingerprint density at radius 1 is 1.25 bits per heavy atom. The van der Waals surface area contributed by atoms with Crippen LogP contribution in [0.25, 0.3) is 0 Å². The third-order valence-electron chi connectivity index (χ3n) is 3.40. The summed E-state index contributed by atoms with van der Waals surface area (Å²) in [6.45, 7) is 11.0. The Morgan fingerprint density at radius 2 is 1.85 bits per heavy atom. The molecule has 0 N–H and O–H groups in total. The molecule has 0 spiro atoms. The highest BCUT2D eigenvalue weighted by Crippen LogP contribution is 2.23. The molecule has 1 aromatic carbocycles. The van der Waals surface area contributed by atoms with Gasteiger partial charge in [0, 0.05) is 5.56 Å². The lowest BCUT2D eigenvalue weighted by Crippen LogP contribution is -2.17.